The van der Waals surface area contributed by atoms with E-state index in [1.165, 1.54) is 6.92 Å². The number of hydrogen-bond acceptors (Lipinski definition) is 4. The SMILES string of the molecule is CC(=O)Nc1cc2c(-c3cc(Cl)cc(N4CC(OC(F)(F)F)C4)c3)cn(C)c2cn1. The highest BCUT2D eigenvalue weighted by molar-refractivity contribution is 6.31. The van der Waals surface area contributed by atoms with Gasteiger partial charge in [-0.25, -0.2) is 4.98 Å². The fourth-order valence-electron chi connectivity index (χ4n) is 3.58. The van der Waals surface area contributed by atoms with Crippen LogP contribution in [0.15, 0.2) is 36.7 Å². The summed E-state index contributed by atoms with van der Waals surface area (Å²) in [4.78, 5) is 17.4. The molecule has 1 amide bonds. The lowest BCUT2D eigenvalue weighted by Gasteiger charge is -2.40. The lowest BCUT2D eigenvalue weighted by atomic mass is 10.0. The topological polar surface area (TPSA) is 59.4 Å². The fraction of sp³-hybridized carbons (Fsp3) is 0.300. The lowest BCUT2D eigenvalue weighted by Crippen LogP contribution is -2.54. The van der Waals surface area contributed by atoms with Gasteiger partial charge in [0.05, 0.1) is 11.7 Å². The summed E-state index contributed by atoms with van der Waals surface area (Å²) >= 11 is 6.31. The molecule has 1 aliphatic rings. The standard InChI is InChI=1S/C20H18ClF3N4O2/c1-11(29)26-19-6-16-17(10-27(2)18(16)7-25-19)12-3-13(21)5-14(4-12)28-8-15(9-28)30-20(22,23)24/h3-7,10,15H,8-9H2,1-2H3,(H,25,26,29). The van der Waals surface area contributed by atoms with Crippen LogP contribution in [-0.2, 0) is 16.6 Å². The maximum Gasteiger partial charge on any atom is 0.522 e. The van der Waals surface area contributed by atoms with Crippen molar-refractivity contribution in [2.75, 3.05) is 23.3 Å². The molecule has 0 spiro atoms. The van der Waals surface area contributed by atoms with Gasteiger partial charge in [0.2, 0.25) is 5.91 Å². The monoisotopic (exact) mass is 438 g/mol. The molecule has 1 aromatic carbocycles. The maximum absolute atomic E-state index is 12.4. The van der Waals surface area contributed by atoms with E-state index in [1.807, 2.05) is 23.9 Å². The van der Waals surface area contributed by atoms with E-state index in [4.69, 9.17) is 11.6 Å². The molecule has 1 N–H and O–H groups in total. The number of amides is 1. The van der Waals surface area contributed by atoms with Gasteiger partial charge < -0.3 is 14.8 Å². The van der Waals surface area contributed by atoms with E-state index < -0.39 is 12.5 Å². The van der Waals surface area contributed by atoms with Crippen LogP contribution in [0, 0.1) is 0 Å². The molecule has 2 aromatic heterocycles. The first-order chi connectivity index (χ1) is 14.1. The Balaban J connectivity index is 1.66. The van der Waals surface area contributed by atoms with Gasteiger partial charge >= 0.3 is 6.36 Å². The summed E-state index contributed by atoms with van der Waals surface area (Å²) in [5, 5.41) is 4.00. The molecule has 1 fully saturated rings. The molecule has 0 saturated carbocycles. The van der Waals surface area contributed by atoms with Crippen molar-refractivity contribution >= 4 is 39.9 Å². The number of aromatic nitrogens is 2. The normalized spacial score (nSPS) is 14.8. The largest absolute Gasteiger partial charge is 0.522 e. The number of hydrogen-bond donors (Lipinski definition) is 1. The van der Waals surface area contributed by atoms with Crippen LogP contribution in [0.5, 0.6) is 0 Å². The molecule has 4 rings (SSSR count). The second-order valence-electron chi connectivity index (χ2n) is 7.21. The van der Waals surface area contributed by atoms with Gasteiger partial charge in [0.25, 0.3) is 0 Å². The zero-order chi connectivity index (χ0) is 21.6. The summed E-state index contributed by atoms with van der Waals surface area (Å²) < 4.78 is 43.1. The first-order valence-corrected chi connectivity index (χ1v) is 9.50. The Bertz CT molecular complexity index is 1120. The van der Waals surface area contributed by atoms with Crippen LogP contribution < -0.4 is 10.2 Å². The first-order valence-electron chi connectivity index (χ1n) is 9.12. The summed E-state index contributed by atoms with van der Waals surface area (Å²) in [5.74, 6) is 0.206. The Morgan fingerprint density at radius 3 is 2.67 bits per heavy atom. The minimum absolute atomic E-state index is 0.130. The highest BCUT2D eigenvalue weighted by atomic mass is 35.5. The number of ether oxygens (including phenoxy) is 1. The van der Waals surface area contributed by atoms with Crippen LogP contribution in [0.3, 0.4) is 0 Å². The molecule has 0 aliphatic carbocycles. The molecule has 0 bridgehead atoms. The van der Waals surface area contributed by atoms with Crippen LogP contribution in [0.2, 0.25) is 5.02 Å². The molecule has 1 aliphatic heterocycles. The third kappa shape index (κ3) is 4.22. The van der Waals surface area contributed by atoms with Gasteiger partial charge in [-0.3, -0.25) is 9.53 Å². The third-order valence-electron chi connectivity index (χ3n) is 4.89. The number of nitrogens with zero attached hydrogens (tertiary/aromatic N) is 3. The van der Waals surface area contributed by atoms with E-state index in [9.17, 15) is 18.0 Å². The average molecular weight is 439 g/mol. The van der Waals surface area contributed by atoms with Crippen LogP contribution in [0.1, 0.15) is 6.92 Å². The smallest absolute Gasteiger partial charge is 0.366 e. The van der Waals surface area contributed by atoms with E-state index >= 15 is 0 Å². The summed E-state index contributed by atoms with van der Waals surface area (Å²) in [6.45, 7) is 1.67. The van der Waals surface area contributed by atoms with Gasteiger partial charge in [-0.1, -0.05) is 11.6 Å². The summed E-state index contributed by atoms with van der Waals surface area (Å²) in [6, 6.07) is 7.17. The molecular formula is C20H18ClF3N4O2. The number of anilines is 2. The molecular weight excluding hydrogens is 421 g/mol. The number of carbonyl (C=O) groups is 1. The van der Waals surface area contributed by atoms with Crippen LogP contribution >= 0.6 is 11.6 Å². The van der Waals surface area contributed by atoms with Crippen molar-refractivity contribution in [3.63, 3.8) is 0 Å². The van der Waals surface area contributed by atoms with Crippen molar-refractivity contribution in [3.05, 3.63) is 41.7 Å². The Labute approximate surface area is 175 Å². The quantitative estimate of drug-likeness (QED) is 0.648. The van der Waals surface area contributed by atoms with Gasteiger partial charge in [-0.05, 0) is 29.8 Å². The highest BCUT2D eigenvalue weighted by Gasteiger charge is 2.39. The Morgan fingerprint density at radius 2 is 2.00 bits per heavy atom. The van der Waals surface area contributed by atoms with E-state index in [-0.39, 0.29) is 19.0 Å². The first kappa shape index (κ1) is 20.5. The minimum Gasteiger partial charge on any atom is -0.366 e. The number of rotatable bonds is 4. The fourth-order valence-corrected chi connectivity index (χ4v) is 3.81. The molecule has 30 heavy (non-hydrogen) atoms. The highest BCUT2D eigenvalue weighted by Crippen LogP contribution is 2.37. The maximum atomic E-state index is 12.4. The molecule has 10 heteroatoms. The molecule has 158 valence electrons. The molecule has 3 aromatic rings. The molecule has 1 saturated heterocycles. The van der Waals surface area contributed by atoms with E-state index in [0.29, 0.717) is 16.5 Å². The summed E-state index contributed by atoms with van der Waals surface area (Å²) in [6.07, 6.45) is -1.94. The molecule has 0 radical (unpaired) electrons. The number of alkyl halides is 3. The van der Waals surface area contributed by atoms with Crippen molar-refractivity contribution in [1.82, 2.24) is 9.55 Å². The zero-order valence-corrected chi connectivity index (χ0v) is 16.9. The van der Waals surface area contributed by atoms with Crippen LogP contribution in [-0.4, -0.2) is 41.0 Å². The Hall–Kier alpha value is -2.78. The van der Waals surface area contributed by atoms with Crippen molar-refractivity contribution in [3.8, 4) is 11.1 Å². The zero-order valence-electron chi connectivity index (χ0n) is 16.1. The van der Waals surface area contributed by atoms with Crippen molar-refractivity contribution in [2.45, 2.75) is 19.4 Å². The lowest BCUT2D eigenvalue weighted by molar-refractivity contribution is -0.344. The molecule has 0 unspecified atom stereocenters. The number of pyridine rings is 1. The van der Waals surface area contributed by atoms with Crippen molar-refractivity contribution in [2.24, 2.45) is 7.05 Å². The van der Waals surface area contributed by atoms with Gasteiger partial charge in [0.1, 0.15) is 11.9 Å². The van der Waals surface area contributed by atoms with Crippen molar-refractivity contribution < 1.29 is 22.7 Å². The number of aryl methyl sites for hydroxylation is 1. The van der Waals surface area contributed by atoms with Crippen LogP contribution in [0.25, 0.3) is 22.0 Å². The number of benzene rings is 1. The van der Waals surface area contributed by atoms with Gasteiger partial charge in [-0.15, -0.1) is 13.2 Å². The predicted octanol–water partition coefficient (Wildman–Crippen LogP) is 4.58. The molecule has 3 heterocycles. The number of nitrogens with one attached hydrogen (secondary N) is 1. The van der Waals surface area contributed by atoms with E-state index in [1.54, 1.807) is 29.3 Å². The Kier molecular flexibility index (Phi) is 5.11. The second kappa shape index (κ2) is 7.48. The van der Waals surface area contributed by atoms with Gasteiger partial charge in [0, 0.05) is 54.9 Å². The van der Waals surface area contributed by atoms with Crippen molar-refractivity contribution in [1.29, 1.82) is 0 Å². The number of carbonyl (C=O) groups excluding carboxylic acids is 1. The minimum atomic E-state index is -4.64. The van der Waals surface area contributed by atoms with E-state index in [0.717, 1.165) is 22.0 Å². The van der Waals surface area contributed by atoms with Gasteiger partial charge in [0.15, 0.2) is 0 Å². The number of fused-ring (bicyclic) bond motifs is 1. The average Bonchev–Trinajstić information content (AvgIpc) is 2.92. The van der Waals surface area contributed by atoms with Crippen LogP contribution in [0.4, 0.5) is 24.7 Å². The van der Waals surface area contributed by atoms with E-state index in [2.05, 4.69) is 15.0 Å². The summed E-state index contributed by atoms with van der Waals surface area (Å²) in [5.41, 5.74) is 3.26. The Morgan fingerprint density at radius 1 is 1.27 bits per heavy atom. The molecule has 6 nitrogen and oxygen atoms in total. The second-order valence-corrected chi connectivity index (χ2v) is 7.65. The third-order valence-corrected chi connectivity index (χ3v) is 5.11. The number of halogens is 4. The molecule has 0 atom stereocenters. The predicted molar refractivity (Wildman–Crippen MR) is 109 cm³/mol. The summed E-state index contributed by atoms with van der Waals surface area (Å²) in [7, 11) is 1.88. The van der Waals surface area contributed by atoms with Gasteiger partial charge in [-0.2, -0.15) is 0 Å².